The van der Waals surface area contributed by atoms with E-state index in [0.29, 0.717) is 12.2 Å². The van der Waals surface area contributed by atoms with Crippen molar-refractivity contribution in [2.24, 2.45) is 14.1 Å². The molecule has 1 N–H and O–H groups in total. The van der Waals surface area contributed by atoms with Crippen molar-refractivity contribution in [3.05, 3.63) is 32.6 Å². The molecule has 0 spiro atoms. The molecule has 0 aliphatic carbocycles. The fourth-order valence-corrected chi connectivity index (χ4v) is 2.28. The highest BCUT2D eigenvalue weighted by Crippen LogP contribution is 2.11. The maximum atomic E-state index is 11.7. The monoisotopic (exact) mass is 267 g/mol. The maximum Gasteiger partial charge on any atom is 0.330 e. The fourth-order valence-electron chi connectivity index (χ4n) is 2.28. The Morgan fingerprint density at radius 1 is 1.32 bits per heavy atom. The van der Waals surface area contributed by atoms with Gasteiger partial charge in [-0.15, -0.1) is 0 Å². The van der Waals surface area contributed by atoms with Crippen LogP contribution in [0.4, 0.5) is 0 Å². The number of hydrogen-bond acceptors (Lipinski definition) is 4. The number of hydrogen-bond donors (Lipinski definition) is 1. The van der Waals surface area contributed by atoms with E-state index >= 15 is 0 Å². The molecule has 0 radical (unpaired) electrons. The van der Waals surface area contributed by atoms with Gasteiger partial charge in [-0.3, -0.25) is 13.9 Å². The number of rotatable bonds is 4. The van der Waals surface area contributed by atoms with Crippen molar-refractivity contribution < 1.29 is 4.74 Å². The highest BCUT2D eigenvalue weighted by atomic mass is 16.5. The summed E-state index contributed by atoms with van der Waals surface area (Å²) >= 11 is 0. The van der Waals surface area contributed by atoms with Gasteiger partial charge < -0.3 is 10.1 Å². The lowest BCUT2D eigenvalue weighted by Crippen LogP contribution is -2.39. The molecule has 1 aliphatic heterocycles. The Kier molecular flexibility index (Phi) is 4.55. The van der Waals surface area contributed by atoms with Crippen molar-refractivity contribution in [1.82, 2.24) is 14.5 Å². The first-order valence-electron chi connectivity index (χ1n) is 6.68. The van der Waals surface area contributed by atoms with Crippen LogP contribution in [-0.4, -0.2) is 28.4 Å². The first-order valence-corrected chi connectivity index (χ1v) is 6.68. The van der Waals surface area contributed by atoms with Crippen LogP contribution >= 0.6 is 0 Å². The van der Waals surface area contributed by atoms with Gasteiger partial charge in [0.15, 0.2) is 0 Å². The maximum absolute atomic E-state index is 11.7. The van der Waals surface area contributed by atoms with E-state index in [4.69, 9.17) is 4.74 Å². The van der Waals surface area contributed by atoms with Gasteiger partial charge >= 0.3 is 5.69 Å². The van der Waals surface area contributed by atoms with Gasteiger partial charge in [-0.25, -0.2) is 4.79 Å². The minimum absolute atomic E-state index is 0.248. The zero-order valence-electron chi connectivity index (χ0n) is 11.5. The summed E-state index contributed by atoms with van der Waals surface area (Å²) in [5, 5.41) is 3.25. The Balaban J connectivity index is 1.96. The molecule has 1 aliphatic rings. The Labute approximate surface area is 112 Å². The summed E-state index contributed by atoms with van der Waals surface area (Å²) in [6.07, 6.45) is 3.66. The minimum atomic E-state index is -0.293. The molecule has 6 heteroatoms. The Hall–Kier alpha value is -1.40. The molecule has 106 valence electrons. The molecule has 6 nitrogen and oxygen atoms in total. The lowest BCUT2D eigenvalue weighted by atomic mass is 10.1. The lowest BCUT2D eigenvalue weighted by Gasteiger charge is -2.23. The number of nitrogens with one attached hydrogen (secondary N) is 1. The van der Waals surface area contributed by atoms with Crippen molar-refractivity contribution in [1.29, 1.82) is 0 Å². The standard InChI is InChI=1S/C13H21N3O3/c1-15-10(7-12(17)16(2)13(15)18)8-14-9-11-5-3-4-6-19-11/h7,11,14H,3-6,8-9H2,1-2H3. The van der Waals surface area contributed by atoms with Crippen LogP contribution in [0.15, 0.2) is 15.7 Å². The number of nitrogens with zero attached hydrogens (tertiary/aromatic N) is 2. The van der Waals surface area contributed by atoms with E-state index in [9.17, 15) is 9.59 Å². The molecule has 0 saturated carbocycles. The van der Waals surface area contributed by atoms with Gasteiger partial charge in [-0.2, -0.15) is 0 Å². The Morgan fingerprint density at radius 2 is 2.11 bits per heavy atom. The molecule has 1 aromatic rings. The van der Waals surface area contributed by atoms with Crippen LogP contribution in [0.1, 0.15) is 25.0 Å². The number of ether oxygens (including phenoxy) is 1. The van der Waals surface area contributed by atoms with Crippen LogP contribution in [0.3, 0.4) is 0 Å². The van der Waals surface area contributed by atoms with Crippen molar-refractivity contribution in [3.63, 3.8) is 0 Å². The van der Waals surface area contributed by atoms with Gasteiger partial charge in [0.05, 0.1) is 6.10 Å². The summed E-state index contributed by atoms with van der Waals surface area (Å²) in [4.78, 5) is 23.3. The van der Waals surface area contributed by atoms with Gasteiger partial charge in [0.1, 0.15) is 0 Å². The summed E-state index contributed by atoms with van der Waals surface area (Å²) in [7, 11) is 3.16. The predicted molar refractivity (Wildman–Crippen MR) is 72.2 cm³/mol. The van der Waals surface area contributed by atoms with E-state index < -0.39 is 0 Å². The van der Waals surface area contributed by atoms with Crippen LogP contribution in [0.25, 0.3) is 0 Å². The molecule has 19 heavy (non-hydrogen) atoms. The van der Waals surface area contributed by atoms with E-state index in [1.54, 1.807) is 7.05 Å². The van der Waals surface area contributed by atoms with Gasteiger partial charge in [-0.1, -0.05) is 0 Å². The lowest BCUT2D eigenvalue weighted by molar-refractivity contribution is 0.0167. The van der Waals surface area contributed by atoms with E-state index in [-0.39, 0.29) is 17.4 Å². The van der Waals surface area contributed by atoms with Crippen LogP contribution < -0.4 is 16.6 Å². The predicted octanol–water partition coefficient (Wildman–Crippen LogP) is -0.257. The second-order valence-electron chi connectivity index (χ2n) is 4.99. The topological polar surface area (TPSA) is 65.3 Å². The molecule has 1 unspecified atom stereocenters. The van der Waals surface area contributed by atoms with Crippen LogP contribution in [0, 0.1) is 0 Å². The van der Waals surface area contributed by atoms with Crippen LogP contribution in [-0.2, 0) is 25.4 Å². The first-order chi connectivity index (χ1) is 9.09. The molecule has 1 atom stereocenters. The van der Waals surface area contributed by atoms with Gasteiger partial charge in [0.25, 0.3) is 5.56 Å². The van der Waals surface area contributed by atoms with Crippen molar-refractivity contribution >= 4 is 0 Å². The molecular weight excluding hydrogens is 246 g/mol. The third-order valence-electron chi connectivity index (χ3n) is 3.58. The number of aromatic nitrogens is 2. The van der Waals surface area contributed by atoms with Gasteiger partial charge in [-0.05, 0) is 19.3 Å². The molecule has 1 aromatic heterocycles. The third-order valence-corrected chi connectivity index (χ3v) is 3.58. The zero-order valence-corrected chi connectivity index (χ0v) is 11.5. The Morgan fingerprint density at radius 3 is 2.79 bits per heavy atom. The second kappa shape index (κ2) is 6.16. The third kappa shape index (κ3) is 3.33. The largest absolute Gasteiger partial charge is 0.377 e. The van der Waals surface area contributed by atoms with E-state index in [2.05, 4.69) is 5.32 Å². The molecular formula is C13H21N3O3. The zero-order chi connectivity index (χ0) is 13.8. The quantitative estimate of drug-likeness (QED) is 0.816. The summed E-state index contributed by atoms with van der Waals surface area (Å²) in [5.41, 5.74) is 0.135. The molecule has 2 rings (SSSR count). The minimum Gasteiger partial charge on any atom is -0.377 e. The van der Waals surface area contributed by atoms with E-state index in [1.165, 1.54) is 24.1 Å². The highest BCUT2D eigenvalue weighted by molar-refractivity contribution is 5.01. The van der Waals surface area contributed by atoms with Gasteiger partial charge in [0.2, 0.25) is 0 Å². The molecule has 1 saturated heterocycles. The van der Waals surface area contributed by atoms with Gasteiger partial charge in [0, 0.05) is 45.6 Å². The summed E-state index contributed by atoms with van der Waals surface area (Å²) in [6.45, 7) is 2.09. The highest BCUT2D eigenvalue weighted by Gasteiger charge is 2.13. The summed E-state index contributed by atoms with van der Waals surface area (Å²) in [5.74, 6) is 0. The summed E-state index contributed by atoms with van der Waals surface area (Å²) in [6, 6.07) is 1.50. The SMILES string of the molecule is Cn1c(CNCC2CCCCO2)cc(=O)n(C)c1=O. The normalized spacial score (nSPS) is 19.6. The van der Waals surface area contributed by atoms with Crippen LogP contribution in [0.5, 0.6) is 0 Å². The van der Waals surface area contributed by atoms with Crippen molar-refractivity contribution in [3.8, 4) is 0 Å². The molecule has 1 fully saturated rings. The molecule has 0 aromatic carbocycles. The van der Waals surface area contributed by atoms with E-state index in [1.807, 2.05) is 0 Å². The first kappa shape index (κ1) is 14.0. The molecule has 0 bridgehead atoms. The fraction of sp³-hybridized carbons (Fsp3) is 0.692. The smallest absolute Gasteiger partial charge is 0.330 e. The second-order valence-corrected chi connectivity index (χ2v) is 4.99. The van der Waals surface area contributed by atoms with Crippen molar-refractivity contribution in [2.75, 3.05) is 13.2 Å². The van der Waals surface area contributed by atoms with Crippen molar-refractivity contribution in [2.45, 2.75) is 31.9 Å². The summed E-state index contributed by atoms with van der Waals surface area (Å²) < 4.78 is 8.22. The average molecular weight is 267 g/mol. The average Bonchev–Trinajstić information content (AvgIpc) is 2.43. The van der Waals surface area contributed by atoms with Crippen LogP contribution in [0.2, 0.25) is 0 Å². The Bertz CT molecular complexity index is 541. The molecule has 0 amide bonds. The van der Waals surface area contributed by atoms with E-state index in [0.717, 1.165) is 30.6 Å². The molecule has 2 heterocycles.